The number of aromatic nitrogens is 2. The van der Waals surface area contributed by atoms with E-state index in [-0.39, 0.29) is 51.8 Å². The Balaban J connectivity index is 0.00000420. The summed E-state index contributed by atoms with van der Waals surface area (Å²) in [6, 6.07) is 3.69. The lowest BCUT2D eigenvalue weighted by molar-refractivity contribution is -0.138. The summed E-state index contributed by atoms with van der Waals surface area (Å²) in [6.07, 6.45) is -3.28. The highest BCUT2D eigenvalue weighted by atomic mass is 35.5. The summed E-state index contributed by atoms with van der Waals surface area (Å²) < 4.78 is 56.0. The van der Waals surface area contributed by atoms with E-state index < -0.39 is 33.8 Å². The van der Waals surface area contributed by atoms with Crippen LogP contribution < -0.4 is 17.0 Å². The predicted molar refractivity (Wildman–Crippen MR) is 147 cm³/mol. The van der Waals surface area contributed by atoms with Crippen molar-refractivity contribution in [3.05, 3.63) is 71.3 Å². The fraction of sp³-hybridized carbons (Fsp3) is 0.440. The maximum absolute atomic E-state index is 14.2. The van der Waals surface area contributed by atoms with Crippen molar-refractivity contribution < 1.29 is 22.9 Å². The van der Waals surface area contributed by atoms with E-state index in [1.807, 2.05) is 0 Å². The molecule has 39 heavy (non-hydrogen) atoms. The lowest BCUT2D eigenvalue weighted by Crippen LogP contribution is -2.42. The molecule has 0 amide bonds. The van der Waals surface area contributed by atoms with Crippen molar-refractivity contribution in [2.75, 3.05) is 18.8 Å². The molecule has 2 heterocycles. The van der Waals surface area contributed by atoms with Crippen LogP contribution in [0.2, 0.25) is 10.0 Å². The van der Waals surface area contributed by atoms with E-state index >= 15 is 0 Å². The van der Waals surface area contributed by atoms with Crippen molar-refractivity contribution in [1.29, 1.82) is 0 Å². The van der Waals surface area contributed by atoms with Gasteiger partial charge in [0, 0.05) is 34.8 Å². The van der Waals surface area contributed by atoms with Gasteiger partial charge >= 0.3 is 11.9 Å². The molecular weight excluding hydrogens is 580 g/mol. The van der Waals surface area contributed by atoms with Crippen molar-refractivity contribution in [1.82, 2.24) is 14.5 Å². The molecule has 0 bridgehead atoms. The van der Waals surface area contributed by atoms with Crippen LogP contribution in [0.5, 0.6) is 0 Å². The highest BCUT2D eigenvalue weighted by molar-refractivity contribution is 7.85. The van der Waals surface area contributed by atoms with Gasteiger partial charge in [-0.1, -0.05) is 30.1 Å². The number of alkyl halides is 3. The minimum atomic E-state index is -4.80. The number of halogens is 5. The van der Waals surface area contributed by atoms with Crippen LogP contribution in [0.4, 0.5) is 13.2 Å². The number of nitrogens with one attached hydrogen (secondary N) is 1. The molecule has 5 N–H and O–H groups in total. The highest BCUT2D eigenvalue weighted by Gasteiger charge is 2.36. The van der Waals surface area contributed by atoms with Gasteiger partial charge in [-0.15, -0.1) is 0 Å². The second-order valence-electron chi connectivity index (χ2n) is 9.44. The van der Waals surface area contributed by atoms with Gasteiger partial charge < -0.3 is 16.2 Å². The Morgan fingerprint density at radius 1 is 1.18 bits per heavy atom. The zero-order chi connectivity index (χ0) is 27.9. The second kappa shape index (κ2) is 12.1. The smallest absolute Gasteiger partial charge is 0.412 e. The third-order valence-corrected chi connectivity index (χ3v) is 8.88. The molecular formula is C25H29Cl2F3N4O4S. The maximum atomic E-state index is 14.2. The number of hydrogen-bond acceptors (Lipinski definition) is 5. The molecule has 4 rings (SSSR count). The first-order chi connectivity index (χ1) is 17.8. The minimum Gasteiger partial charge on any atom is -0.412 e. The number of fused-ring (bicyclic) bond motifs is 1. The van der Waals surface area contributed by atoms with E-state index in [1.54, 1.807) is 24.8 Å². The standard InChI is InChI=1S/C25H27Cl2F3N4O3S.H2O/c1-3-38(37)22-13(2)7-15(26)8-14(22)10-34-23(35)17-9-19(25(28,29)30)18(20(27)21(17)32-24(34)36)12-33-6-4-5-16(31)11-33;/h7-9,16H,3-6,10-12,31H2,1-2H3,(H,32,36);1H2/t16-,38?;/m1./s1. The summed E-state index contributed by atoms with van der Waals surface area (Å²) in [6.45, 7) is 3.92. The molecule has 1 saturated heterocycles. The van der Waals surface area contributed by atoms with Gasteiger partial charge in [-0.2, -0.15) is 13.2 Å². The molecule has 14 heteroatoms. The number of benzene rings is 2. The SMILES string of the molecule is CCS(=O)c1c(C)cc(Cl)cc1Cn1c(=O)[nH]c2c(Cl)c(CN3CCC[C@@H](N)C3)c(C(F)(F)F)cc2c1=O.O. The average Bonchev–Trinajstić information content (AvgIpc) is 2.82. The summed E-state index contributed by atoms with van der Waals surface area (Å²) >= 11 is 12.6. The highest BCUT2D eigenvalue weighted by Crippen LogP contribution is 2.39. The lowest BCUT2D eigenvalue weighted by Gasteiger charge is -2.31. The van der Waals surface area contributed by atoms with Crippen LogP contribution in [0.3, 0.4) is 0 Å². The third-order valence-electron chi connectivity index (χ3n) is 6.68. The van der Waals surface area contributed by atoms with Crippen molar-refractivity contribution in [3.8, 4) is 0 Å². The number of hydrogen-bond donors (Lipinski definition) is 2. The van der Waals surface area contributed by atoms with E-state index in [2.05, 4.69) is 4.98 Å². The molecule has 0 spiro atoms. The minimum absolute atomic E-state index is 0. The number of nitrogens with two attached hydrogens (primary N) is 1. The molecule has 1 fully saturated rings. The van der Waals surface area contributed by atoms with Crippen molar-refractivity contribution in [2.24, 2.45) is 5.73 Å². The summed E-state index contributed by atoms with van der Waals surface area (Å²) in [5.74, 6) is 0.285. The van der Waals surface area contributed by atoms with E-state index in [9.17, 15) is 27.0 Å². The first-order valence-electron chi connectivity index (χ1n) is 12.0. The zero-order valence-electron chi connectivity index (χ0n) is 21.3. The summed E-state index contributed by atoms with van der Waals surface area (Å²) in [5.41, 5.74) is 3.73. The molecule has 2 atom stereocenters. The Kier molecular flexibility index (Phi) is 9.72. The molecule has 0 aliphatic carbocycles. The summed E-state index contributed by atoms with van der Waals surface area (Å²) in [7, 11) is -1.43. The van der Waals surface area contributed by atoms with E-state index in [4.69, 9.17) is 28.9 Å². The van der Waals surface area contributed by atoms with E-state index in [0.717, 1.165) is 23.5 Å². The Bertz CT molecular complexity index is 1540. The fourth-order valence-electron chi connectivity index (χ4n) is 4.96. The molecule has 0 radical (unpaired) electrons. The van der Waals surface area contributed by atoms with Crippen molar-refractivity contribution in [2.45, 2.75) is 56.9 Å². The van der Waals surface area contributed by atoms with Gasteiger partial charge in [0.2, 0.25) is 0 Å². The van der Waals surface area contributed by atoms with Crippen molar-refractivity contribution >= 4 is 44.9 Å². The van der Waals surface area contributed by atoms with Gasteiger partial charge in [0.1, 0.15) is 0 Å². The maximum Gasteiger partial charge on any atom is 0.416 e. The Hall–Kier alpha value is -2.22. The number of piperidine rings is 1. The summed E-state index contributed by atoms with van der Waals surface area (Å²) in [5, 5.41) is -0.399. The van der Waals surface area contributed by atoms with Crippen LogP contribution in [-0.4, -0.2) is 49.0 Å². The van der Waals surface area contributed by atoms with E-state index in [1.165, 1.54) is 6.07 Å². The van der Waals surface area contributed by atoms with Gasteiger partial charge in [0.05, 0.1) is 38.8 Å². The molecule has 1 aliphatic heterocycles. The lowest BCUT2D eigenvalue weighted by atomic mass is 10.0. The number of likely N-dealkylation sites (tertiary alicyclic amines) is 1. The molecule has 1 unspecified atom stereocenters. The van der Waals surface area contributed by atoms with Crippen LogP contribution in [-0.2, 0) is 30.1 Å². The number of H-pyrrole nitrogens is 1. The van der Waals surface area contributed by atoms with Crippen LogP contribution in [0.15, 0.2) is 32.7 Å². The fourth-order valence-corrected chi connectivity index (χ4v) is 6.69. The van der Waals surface area contributed by atoms with Crippen molar-refractivity contribution in [3.63, 3.8) is 0 Å². The van der Waals surface area contributed by atoms with Crippen LogP contribution in [0, 0.1) is 6.92 Å². The average molecular weight is 609 g/mol. The molecule has 0 saturated carbocycles. The largest absolute Gasteiger partial charge is 0.416 e. The van der Waals surface area contributed by atoms with Gasteiger partial charge in [0.15, 0.2) is 0 Å². The third kappa shape index (κ3) is 6.41. The number of aromatic amines is 1. The Labute approximate surface area is 234 Å². The molecule has 214 valence electrons. The Morgan fingerprint density at radius 2 is 1.87 bits per heavy atom. The number of aryl methyl sites for hydroxylation is 1. The molecule has 1 aromatic heterocycles. The predicted octanol–water partition coefficient (Wildman–Crippen LogP) is 3.60. The number of nitrogens with zero attached hydrogens (tertiary/aromatic N) is 2. The van der Waals surface area contributed by atoms with Gasteiger partial charge in [-0.3, -0.25) is 18.5 Å². The first kappa shape index (κ1) is 31.3. The monoisotopic (exact) mass is 608 g/mol. The second-order valence-corrected chi connectivity index (χ2v) is 11.9. The molecule has 3 aromatic rings. The normalized spacial score (nSPS) is 17.3. The van der Waals surface area contributed by atoms with Gasteiger partial charge in [-0.05, 0) is 61.2 Å². The van der Waals surface area contributed by atoms with E-state index in [0.29, 0.717) is 34.1 Å². The van der Waals surface area contributed by atoms with Crippen LogP contribution in [0.25, 0.3) is 10.9 Å². The number of rotatable bonds is 6. The summed E-state index contributed by atoms with van der Waals surface area (Å²) in [4.78, 5) is 31.2. The molecule has 1 aliphatic rings. The Morgan fingerprint density at radius 3 is 2.49 bits per heavy atom. The first-order valence-corrected chi connectivity index (χ1v) is 14.1. The molecule has 2 aromatic carbocycles. The van der Waals surface area contributed by atoms with Gasteiger partial charge in [0.25, 0.3) is 5.56 Å². The topological polar surface area (TPSA) is 133 Å². The quantitative estimate of drug-likeness (QED) is 0.441. The zero-order valence-corrected chi connectivity index (χ0v) is 23.6. The van der Waals surface area contributed by atoms with Crippen LogP contribution in [0.1, 0.15) is 42.0 Å². The molecule has 8 nitrogen and oxygen atoms in total. The van der Waals surface area contributed by atoms with Crippen LogP contribution >= 0.6 is 23.2 Å². The van der Waals surface area contributed by atoms with Gasteiger partial charge in [-0.25, -0.2) is 4.79 Å².